The van der Waals surface area contributed by atoms with Crippen LogP contribution < -0.4 is 10.1 Å². The number of amides is 1. The second kappa shape index (κ2) is 10.8. The van der Waals surface area contributed by atoms with Gasteiger partial charge in [-0.3, -0.25) is 4.79 Å². The van der Waals surface area contributed by atoms with Gasteiger partial charge >= 0.3 is 0 Å². The van der Waals surface area contributed by atoms with Crippen LogP contribution in [0.2, 0.25) is 0 Å². The number of hydrogen-bond donors (Lipinski definition) is 1. The molecule has 2 aromatic carbocycles. The molecule has 1 N–H and O–H groups in total. The van der Waals surface area contributed by atoms with Crippen LogP contribution in [0.5, 0.6) is 5.75 Å². The number of aromatic nitrogens is 3. The zero-order chi connectivity index (χ0) is 27.7. The fourth-order valence-electron chi connectivity index (χ4n) is 5.00. The van der Waals surface area contributed by atoms with Crippen LogP contribution in [0.25, 0.3) is 16.8 Å². The molecule has 1 aliphatic heterocycles. The SMILES string of the molecule is COc1ccc(-c2c(C(=O)NCc3ccc(C)cc3)nn3c(C)cc(C)nc23)cc1S(=O)(=O)N1CCCCC1. The first kappa shape index (κ1) is 26.8. The molecular formula is C29H33N5O4S. The third-order valence-electron chi connectivity index (χ3n) is 7.07. The van der Waals surface area contributed by atoms with E-state index < -0.39 is 10.0 Å². The molecule has 0 atom stereocenters. The van der Waals surface area contributed by atoms with E-state index in [1.807, 2.05) is 51.1 Å². The third-order valence-corrected chi connectivity index (χ3v) is 8.99. The minimum Gasteiger partial charge on any atom is -0.495 e. The first-order chi connectivity index (χ1) is 18.7. The summed E-state index contributed by atoms with van der Waals surface area (Å²) in [7, 11) is -2.35. The lowest BCUT2D eigenvalue weighted by molar-refractivity contribution is 0.0946. The number of hydrogen-bond acceptors (Lipinski definition) is 6. The molecule has 5 rings (SSSR count). The molecule has 2 aromatic heterocycles. The second-order valence-corrected chi connectivity index (χ2v) is 11.9. The van der Waals surface area contributed by atoms with Crippen LogP contribution in [0.15, 0.2) is 53.4 Å². The molecule has 204 valence electrons. The Labute approximate surface area is 228 Å². The molecule has 0 aliphatic carbocycles. The second-order valence-electron chi connectivity index (χ2n) is 10.00. The number of aryl methyl sites for hydroxylation is 3. The van der Waals surface area contributed by atoms with Crippen LogP contribution in [0.3, 0.4) is 0 Å². The molecule has 39 heavy (non-hydrogen) atoms. The third kappa shape index (κ3) is 5.26. The summed E-state index contributed by atoms with van der Waals surface area (Å²) in [6, 6.07) is 14.8. The van der Waals surface area contributed by atoms with Gasteiger partial charge in [-0.15, -0.1) is 0 Å². The van der Waals surface area contributed by atoms with Crippen molar-refractivity contribution in [3.05, 3.63) is 76.7 Å². The minimum atomic E-state index is -3.81. The molecular weight excluding hydrogens is 514 g/mol. The van der Waals surface area contributed by atoms with Crippen molar-refractivity contribution >= 4 is 21.6 Å². The van der Waals surface area contributed by atoms with Crippen LogP contribution in [0, 0.1) is 20.8 Å². The van der Waals surface area contributed by atoms with Gasteiger partial charge in [0, 0.05) is 31.0 Å². The number of carbonyl (C=O) groups excluding carboxylic acids is 1. The summed E-state index contributed by atoms with van der Waals surface area (Å²) < 4.78 is 36.0. The molecule has 0 unspecified atom stereocenters. The summed E-state index contributed by atoms with van der Waals surface area (Å²) in [5.74, 6) is -0.115. The Morgan fingerprint density at radius 3 is 2.41 bits per heavy atom. The summed E-state index contributed by atoms with van der Waals surface area (Å²) in [6.45, 7) is 7.05. The maximum Gasteiger partial charge on any atom is 0.272 e. The molecule has 0 saturated carbocycles. The number of piperidine rings is 1. The van der Waals surface area contributed by atoms with E-state index in [1.54, 1.807) is 22.7 Å². The molecule has 1 saturated heterocycles. The van der Waals surface area contributed by atoms with Gasteiger partial charge in [-0.05, 0) is 62.9 Å². The Morgan fingerprint density at radius 2 is 1.72 bits per heavy atom. The van der Waals surface area contributed by atoms with Gasteiger partial charge in [0.2, 0.25) is 10.0 Å². The van der Waals surface area contributed by atoms with E-state index in [0.29, 0.717) is 36.4 Å². The van der Waals surface area contributed by atoms with Crippen molar-refractivity contribution in [1.82, 2.24) is 24.2 Å². The van der Waals surface area contributed by atoms with Crippen molar-refractivity contribution in [3.63, 3.8) is 0 Å². The quantitative estimate of drug-likeness (QED) is 0.367. The molecule has 3 heterocycles. The van der Waals surface area contributed by atoms with E-state index in [-0.39, 0.29) is 22.2 Å². The normalized spacial score (nSPS) is 14.5. The van der Waals surface area contributed by atoms with Gasteiger partial charge < -0.3 is 10.1 Å². The maximum absolute atomic E-state index is 13.7. The number of nitrogens with zero attached hydrogens (tertiary/aromatic N) is 4. The number of methoxy groups -OCH3 is 1. The fourth-order valence-corrected chi connectivity index (χ4v) is 6.69. The van der Waals surface area contributed by atoms with Crippen LogP contribution in [-0.2, 0) is 16.6 Å². The van der Waals surface area contributed by atoms with Crippen LogP contribution >= 0.6 is 0 Å². The summed E-state index contributed by atoms with van der Waals surface area (Å²) >= 11 is 0. The van der Waals surface area contributed by atoms with Gasteiger partial charge in [-0.25, -0.2) is 17.9 Å². The first-order valence-electron chi connectivity index (χ1n) is 13.1. The smallest absolute Gasteiger partial charge is 0.272 e. The minimum absolute atomic E-state index is 0.0686. The van der Waals surface area contributed by atoms with Gasteiger partial charge in [0.15, 0.2) is 11.3 Å². The number of ether oxygens (including phenoxy) is 1. The lowest BCUT2D eigenvalue weighted by atomic mass is 10.0. The van der Waals surface area contributed by atoms with E-state index in [0.717, 1.165) is 41.8 Å². The number of fused-ring (bicyclic) bond motifs is 1. The van der Waals surface area contributed by atoms with Crippen molar-refractivity contribution in [2.45, 2.75) is 51.5 Å². The lowest BCUT2D eigenvalue weighted by Crippen LogP contribution is -2.35. The van der Waals surface area contributed by atoms with Gasteiger partial charge in [-0.1, -0.05) is 42.3 Å². The lowest BCUT2D eigenvalue weighted by Gasteiger charge is -2.26. The van der Waals surface area contributed by atoms with Gasteiger partial charge in [0.05, 0.1) is 12.7 Å². The number of sulfonamides is 1. The summed E-state index contributed by atoms with van der Waals surface area (Å²) in [5, 5.41) is 7.60. The van der Waals surface area contributed by atoms with Crippen molar-refractivity contribution < 1.29 is 17.9 Å². The maximum atomic E-state index is 13.7. The van der Waals surface area contributed by atoms with Gasteiger partial charge in [-0.2, -0.15) is 9.40 Å². The highest BCUT2D eigenvalue weighted by molar-refractivity contribution is 7.89. The monoisotopic (exact) mass is 547 g/mol. The average molecular weight is 548 g/mol. The van der Waals surface area contributed by atoms with Crippen molar-refractivity contribution in [2.75, 3.05) is 20.2 Å². The van der Waals surface area contributed by atoms with E-state index in [4.69, 9.17) is 9.72 Å². The zero-order valence-corrected chi connectivity index (χ0v) is 23.5. The van der Waals surface area contributed by atoms with Crippen molar-refractivity contribution in [1.29, 1.82) is 0 Å². The molecule has 1 amide bonds. The molecule has 9 nitrogen and oxygen atoms in total. The molecule has 0 bridgehead atoms. The summed E-state index contributed by atoms with van der Waals surface area (Å²) in [5.41, 5.74) is 5.34. The Kier molecular flexibility index (Phi) is 7.42. The molecule has 10 heteroatoms. The van der Waals surface area contributed by atoms with Gasteiger partial charge in [0.1, 0.15) is 10.6 Å². The number of benzene rings is 2. The number of rotatable bonds is 7. The van der Waals surface area contributed by atoms with E-state index in [2.05, 4.69) is 10.4 Å². The molecule has 1 aliphatic rings. The first-order valence-corrected chi connectivity index (χ1v) is 14.5. The molecule has 1 fully saturated rings. The average Bonchev–Trinajstić information content (AvgIpc) is 3.32. The summed E-state index contributed by atoms with van der Waals surface area (Å²) in [4.78, 5) is 18.3. The molecule has 0 radical (unpaired) electrons. The topological polar surface area (TPSA) is 106 Å². The van der Waals surface area contributed by atoms with E-state index in [9.17, 15) is 13.2 Å². The highest BCUT2D eigenvalue weighted by Crippen LogP contribution is 2.36. The van der Waals surface area contributed by atoms with Gasteiger partial charge in [0.25, 0.3) is 5.91 Å². The van der Waals surface area contributed by atoms with Crippen LogP contribution in [0.4, 0.5) is 0 Å². The van der Waals surface area contributed by atoms with Crippen molar-refractivity contribution in [3.8, 4) is 16.9 Å². The Hall–Kier alpha value is -3.76. The Bertz CT molecular complexity index is 1640. The predicted molar refractivity (Wildman–Crippen MR) is 149 cm³/mol. The van der Waals surface area contributed by atoms with E-state index >= 15 is 0 Å². The largest absolute Gasteiger partial charge is 0.495 e. The van der Waals surface area contributed by atoms with E-state index in [1.165, 1.54) is 11.4 Å². The standard InChI is InChI=1S/C29H33N5O4S/c1-19-8-10-22(11-9-19)18-30-29(35)27-26(28-31-20(2)16-21(3)34(28)32-27)23-12-13-24(38-4)25(17-23)39(36,37)33-14-6-5-7-15-33/h8-13,16-17H,5-7,14-15,18H2,1-4H3,(H,30,35). The molecule has 0 spiro atoms. The van der Waals surface area contributed by atoms with Crippen LogP contribution in [-0.4, -0.2) is 53.4 Å². The van der Waals surface area contributed by atoms with Crippen LogP contribution in [0.1, 0.15) is 52.3 Å². The predicted octanol–water partition coefficient (Wildman–Crippen LogP) is 4.43. The highest BCUT2D eigenvalue weighted by Gasteiger charge is 2.31. The Morgan fingerprint density at radius 1 is 1.00 bits per heavy atom. The molecule has 4 aromatic rings. The fraction of sp³-hybridized carbons (Fsp3) is 0.345. The number of carbonyl (C=O) groups is 1. The highest BCUT2D eigenvalue weighted by atomic mass is 32.2. The Balaban J connectivity index is 1.62. The summed E-state index contributed by atoms with van der Waals surface area (Å²) in [6.07, 6.45) is 2.66. The zero-order valence-electron chi connectivity index (χ0n) is 22.7. The van der Waals surface area contributed by atoms with Crippen molar-refractivity contribution in [2.24, 2.45) is 0 Å². The number of nitrogens with one attached hydrogen (secondary N) is 1.